The quantitative estimate of drug-likeness (QED) is 0.580. The van der Waals surface area contributed by atoms with Crippen LogP contribution in [0.2, 0.25) is 0 Å². The zero-order valence-corrected chi connectivity index (χ0v) is 10.6. The first kappa shape index (κ1) is 16.7. The minimum Gasteiger partial charge on any atom is -0.481 e. The van der Waals surface area contributed by atoms with Gasteiger partial charge in [0, 0.05) is 19.5 Å². The lowest BCUT2D eigenvalue weighted by Crippen LogP contribution is -2.48. The van der Waals surface area contributed by atoms with Crippen molar-refractivity contribution in [1.29, 1.82) is 5.26 Å². The van der Waals surface area contributed by atoms with Crippen molar-refractivity contribution >= 4 is 18.0 Å². The number of nitrogens with one attached hydrogen (secondary N) is 1. The zero-order valence-electron chi connectivity index (χ0n) is 10.6. The van der Waals surface area contributed by atoms with E-state index in [4.69, 9.17) is 15.5 Å². The molecular weight excluding hydrogens is 254 g/mol. The van der Waals surface area contributed by atoms with E-state index in [0.29, 0.717) is 6.54 Å². The van der Waals surface area contributed by atoms with Crippen LogP contribution in [0, 0.1) is 11.3 Å². The monoisotopic (exact) mass is 271 g/mol. The number of nitrogens with zero attached hydrogens (tertiary/aromatic N) is 2. The number of carboxylic acid groups (broad SMARTS) is 2. The number of nitriles is 1. The Morgan fingerprint density at radius 1 is 1.37 bits per heavy atom. The standard InChI is InChI=1S/C11H17N3O5/c1-2-14(7-3-6-12)11(19)13-8(10(17)18)4-5-9(15)16/h8H,2-5,7H2,1H3,(H,13,19)(H,15,16)(H,17,18). The maximum absolute atomic E-state index is 11.7. The molecule has 0 fully saturated rings. The molecule has 0 rings (SSSR count). The number of rotatable bonds is 8. The summed E-state index contributed by atoms with van der Waals surface area (Å²) in [5.74, 6) is -2.41. The molecule has 0 saturated heterocycles. The number of carbonyl (C=O) groups is 3. The first-order chi connectivity index (χ1) is 8.92. The Morgan fingerprint density at radius 2 is 2.00 bits per heavy atom. The van der Waals surface area contributed by atoms with Crippen molar-refractivity contribution < 1.29 is 24.6 Å². The number of carboxylic acids is 2. The first-order valence-corrected chi connectivity index (χ1v) is 5.79. The highest BCUT2D eigenvalue weighted by molar-refractivity contribution is 5.83. The topological polar surface area (TPSA) is 131 Å². The number of urea groups is 1. The summed E-state index contributed by atoms with van der Waals surface area (Å²) in [6.07, 6.45) is -0.387. The minimum atomic E-state index is -1.29. The molecule has 0 spiro atoms. The summed E-state index contributed by atoms with van der Waals surface area (Å²) >= 11 is 0. The third-order valence-electron chi connectivity index (χ3n) is 2.41. The van der Waals surface area contributed by atoms with E-state index < -0.39 is 24.0 Å². The van der Waals surface area contributed by atoms with Gasteiger partial charge in [-0.05, 0) is 13.3 Å². The third-order valence-corrected chi connectivity index (χ3v) is 2.41. The van der Waals surface area contributed by atoms with Gasteiger partial charge in [-0.2, -0.15) is 5.26 Å². The zero-order chi connectivity index (χ0) is 14.8. The van der Waals surface area contributed by atoms with Gasteiger partial charge >= 0.3 is 18.0 Å². The van der Waals surface area contributed by atoms with Crippen molar-refractivity contribution in [2.24, 2.45) is 0 Å². The maximum atomic E-state index is 11.7. The highest BCUT2D eigenvalue weighted by atomic mass is 16.4. The van der Waals surface area contributed by atoms with E-state index in [0.717, 1.165) is 0 Å². The Balaban J connectivity index is 4.47. The van der Waals surface area contributed by atoms with Crippen LogP contribution in [0.1, 0.15) is 26.2 Å². The lowest BCUT2D eigenvalue weighted by molar-refractivity contribution is -0.140. The SMILES string of the molecule is CCN(CCC#N)C(=O)NC(CCC(=O)O)C(=O)O. The molecule has 1 unspecified atom stereocenters. The van der Waals surface area contributed by atoms with Crippen molar-refractivity contribution in [2.45, 2.75) is 32.2 Å². The average Bonchev–Trinajstić information content (AvgIpc) is 2.34. The molecule has 0 aliphatic carbocycles. The molecule has 106 valence electrons. The van der Waals surface area contributed by atoms with E-state index >= 15 is 0 Å². The largest absolute Gasteiger partial charge is 0.481 e. The second-order valence-corrected chi connectivity index (χ2v) is 3.76. The van der Waals surface area contributed by atoms with Crippen molar-refractivity contribution in [2.75, 3.05) is 13.1 Å². The number of carbonyl (C=O) groups excluding carboxylic acids is 1. The molecule has 8 nitrogen and oxygen atoms in total. The van der Waals surface area contributed by atoms with E-state index in [-0.39, 0.29) is 25.8 Å². The molecule has 0 aromatic carbocycles. The molecule has 0 aliphatic heterocycles. The molecule has 3 N–H and O–H groups in total. The number of aliphatic carboxylic acids is 2. The fourth-order valence-electron chi connectivity index (χ4n) is 1.35. The van der Waals surface area contributed by atoms with Gasteiger partial charge in [0.25, 0.3) is 0 Å². The van der Waals surface area contributed by atoms with Gasteiger partial charge in [0.15, 0.2) is 0 Å². The Bertz CT molecular complexity index is 377. The highest BCUT2D eigenvalue weighted by Crippen LogP contribution is 2.00. The molecule has 19 heavy (non-hydrogen) atoms. The van der Waals surface area contributed by atoms with Crippen LogP contribution < -0.4 is 5.32 Å². The van der Waals surface area contributed by atoms with Gasteiger partial charge in [-0.3, -0.25) is 4.79 Å². The Hall–Kier alpha value is -2.30. The van der Waals surface area contributed by atoms with Crippen LogP contribution >= 0.6 is 0 Å². The smallest absolute Gasteiger partial charge is 0.326 e. The fourth-order valence-corrected chi connectivity index (χ4v) is 1.35. The lowest BCUT2D eigenvalue weighted by atomic mass is 10.1. The third kappa shape index (κ3) is 6.88. The van der Waals surface area contributed by atoms with E-state index in [1.807, 2.05) is 6.07 Å². The molecule has 1 atom stereocenters. The Kier molecular flexibility index (Phi) is 7.68. The average molecular weight is 271 g/mol. The summed E-state index contributed by atoms with van der Waals surface area (Å²) in [4.78, 5) is 34.3. The predicted octanol–water partition coefficient (Wildman–Crippen LogP) is 0.250. The summed E-state index contributed by atoms with van der Waals surface area (Å²) in [6.45, 7) is 2.23. The van der Waals surface area contributed by atoms with E-state index in [1.54, 1.807) is 6.92 Å². The van der Waals surface area contributed by atoms with Gasteiger partial charge in [-0.25, -0.2) is 9.59 Å². The molecular formula is C11H17N3O5. The van der Waals surface area contributed by atoms with Crippen LogP contribution in [0.15, 0.2) is 0 Å². The molecule has 0 saturated carbocycles. The van der Waals surface area contributed by atoms with Gasteiger partial charge in [-0.1, -0.05) is 0 Å². The van der Waals surface area contributed by atoms with Crippen LogP contribution in [0.4, 0.5) is 4.79 Å². The first-order valence-electron chi connectivity index (χ1n) is 5.79. The highest BCUT2D eigenvalue weighted by Gasteiger charge is 2.23. The van der Waals surface area contributed by atoms with Gasteiger partial charge < -0.3 is 20.4 Å². The van der Waals surface area contributed by atoms with Crippen molar-refractivity contribution in [3.8, 4) is 6.07 Å². The van der Waals surface area contributed by atoms with Gasteiger partial charge in [0.2, 0.25) is 0 Å². The number of hydrogen-bond acceptors (Lipinski definition) is 4. The molecule has 0 aliphatic rings. The van der Waals surface area contributed by atoms with E-state index in [9.17, 15) is 14.4 Å². The van der Waals surface area contributed by atoms with Crippen molar-refractivity contribution in [1.82, 2.24) is 10.2 Å². The fraction of sp³-hybridized carbons (Fsp3) is 0.636. The van der Waals surface area contributed by atoms with Crippen LogP contribution in [0.5, 0.6) is 0 Å². The molecule has 0 bridgehead atoms. The molecule has 0 aromatic rings. The van der Waals surface area contributed by atoms with Crippen molar-refractivity contribution in [3.63, 3.8) is 0 Å². The molecule has 8 heteroatoms. The predicted molar refractivity (Wildman–Crippen MR) is 64.3 cm³/mol. The summed E-state index contributed by atoms with van der Waals surface area (Å²) in [7, 11) is 0. The Morgan fingerprint density at radius 3 is 2.42 bits per heavy atom. The van der Waals surface area contributed by atoms with Crippen LogP contribution in [0.25, 0.3) is 0 Å². The summed E-state index contributed by atoms with van der Waals surface area (Å²) in [5, 5.41) is 28.1. The second kappa shape index (κ2) is 8.74. The molecule has 2 amide bonds. The van der Waals surface area contributed by atoms with Gasteiger partial charge in [0.1, 0.15) is 6.04 Å². The molecule has 0 aromatic heterocycles. The van der Waals surface area contributed by atoms with Crippen LogP contribution in [0.3, 0.4) is 0 Å². The van der Waals surface area contributed by atoms with E-state index in [1.165, 1.54) is 4.90 Å². The normalized spacial score (nSPS) is 11.2. The molecule has 0 heterocycles. The van der Waals surface area contributed by atoms with Crippen LogP contribution in [-0.4, -0.2) is 52.2 Å². The lowest BCUT2D eigenvalue weighted by Gasteiger charge is -2.22. The van der Waals surface area contributed by atoms with Gasteiger partial charge in [0.05, 0.1) is 12.5 Å². The van der Waals surface area contributed by atoms with E-state index in [2.05, 4.69) is 5.32 Å². The number of amides is 2. The summed E-state index contributed by atoms with van der Waals surface area (Å²) < 4.78 is 0. The van der Waals surface area contributed by atoms with Crippen molar-refractivity contribution in [3.05, 3.63) is 0 Å². The minimum absolute atomic E-state index is 0.147. The molecule has 0 radical (unpaired) electrons. The summed E-state index contributed by atoms with van der Waals surface area (Å²) in [5.41, 5.74) is 0. The second-order valence-electron chi connectivity index (χ2n) is 3.76. The maximum Gasteiger partial charge on any atom is 0.326 e. The Labute approximate surface area is 110 Å². The number of hydrogen-bond donors (Lipinski definition) is 3. The van der Waals surface area contributed by atoms with Crippen LogP contribution in [-0.2, 0) is 9.59 Å². The summed E-state index contributed by atoms with van der Waals surface area (Å²) in [6, 6.07) is 0.0223. The van der Waals surface area contributed by atoms with Gasteiger partial charge in [-0.15, -0.1) is 0 Å².